The molecule has 0 unspecified atom stereocenters. The van der Waals surface area contributed by atoms with Crippen LogP contribution in [-0.2, 0) is 6.18 Å². The zero-order chi connectivity index (χ0) is 11.0. The molecule has 0 aromatic heterocycles. The average Bonchev–Trinajstić information content (AvgIpc) is 2.01. The van der Waals surface area contributed by atoms with Crippen LogP contribution in [0.15, 0.2) is 24.3 Å². The van der Waals surface area contributed by atoms with Crippen molar-refractivity contribution >= 4 is 12.2 Å². The van der Waals surface area contributed by atoms with Gasteiger partial charge in [-0.15, -0.1) is 5.46 Å². The van der Waals surface area contributed by atoms with E-state index in [4.69, 9.17) is 15.1 Å². The van der Waals surface area contributed by atoms with Crippen molar-refractivity contribution < 1.29 is 28.2 Å². The van der Waals surface area contributed by atoms with Gasteiger partial charge < -0.3 is 15.1 Å². The smallest absolute Gasteiger partial charge is 0.416 e. The van der Waals surface area contributed by atoms with Gasteiger partial charge in [0.1, 0.15) is 0 Å². The molecule has 3 N–H and O–H groups in total. The summed E-state index contributed by atoms with van der Waals surface area (Å²) in [6.45, 7) is -3.73. The Morgan fingerprint density at radius 3 is 1.64 bits per heavy atom. The van der Waals surface area contributed by atoms with Crippen molar-refractivity contribution in [2.24, 2.45) is 0 Å². The van der Waals surface area contributed by atoms with E-state index in [9.17, 15) is 13.2 Å². The van der Waals surface area contributed by atoms with Crippen molar-refractivity contribution in [3.8, 4) is 0 Å². The van der Waals surface area contributed by atoms with Gasteiger partial charge in [-0.25, -0.2) is 0 Å². The first-order chi connectivity index (χ1) is 6.21. The summed E-state index contributed by atoms with van der Waals surface area (Å²) in [6, 6.07) is 2.94. The van der Waals surface area contributed by atoms with Gasteiger partial charge in [-0.3, -0.25) is 0 Å². The standard InChI is InChI=1S/C7H7BF3O3/c9-7(10,11)5-1-3-6(4-2-5)8(12,13)14/h1-4,12-14H/q-1. The molecule has 1 aromatic rings. The Balaban J connectivity index is 3.02. The highest BCUT2D eigenvalue weighted by molar-refractivity contribution is 6.71. The number of alkyl halides is 3. The van der Waals surface area contributed by atoms with Gasteiger partial charge in [0.25, 0.3) is 0 Å². The third-order valence-electron chi connectivity index (χ3n) is 1.69. The summed E-state index contributed by atoms with van der Waals surface area (Å²) in [7, 11) is 0. The molecule has 0 aliphatic carbocycles. The lowest BCUT2D eigenvalue weighted by molar-refractivity contribution is -0.137. The number of rotatable bonds is 1. The van der Waals surface area contributed by atoms with E-state index in [0.717, 1.165) is 12.1 Å². The van der Waals surface area contributed by atoms with Gasteiger partial charge in [0, 0.05) is 0 Å². The van der Waals surface area contributed by atoms with E-state index >= 15 is 0 Å². The fourth-order valence-electron chi connectivity index (χ4n) is 0.930. The first-order valence-electron chi connectivity index (χ1n) is 3.70. The molecule has 0 heterocycles. The van der Waals surface area contributed by atoms with Crippen molar-refractivity contribution in [2.75, 3.05) is 0 Å². The molecule has 0 bridgehead atoms. The molecule has 0 spiro atoms. The Morgan fingerprint density at radius 2 is 1.36 bits per heavy atom. The van der Waals surface area contributed by atoms with E-state index in [-0.39, 0.29) is 5.46 Å². The molecule has 78 valence electrons. The van der Waals surface area contributed by atoms with E-state index in [2.05, 4.69) is 0 Å². The highest BCUT2D eigenvalue weighted by Gasteiger charge is 2.30. The second kappa shape index (κ2) is 3.27. The van der Waals surface area contributed by atoms with Crippen molar-refractivity contribution in [2.45, 2.75) is 6.18 Å². The molecule has 0 amide bonds. The van der Waals surface area contributed by atoms with Crippen LogP contribution in [0.3, 0.4) is 0 Å². The number of hydrogen-bond acceptors (Lipinski definition) is 3. The molecule has 0 atom stereocenters. The fraction of sp³-hybridized carbons (Fsp3) is 0.143. The van der Waals surface area contributed by atoms with Crippen LogP contribution < -0.4 is 5.46 Å². The summed E-state index contributed by atoms with van der Waals surface area (Å²) in [5, 5.41) is 26.0. The van der Waals surface area contributed by atoms with Crippen LogP contribution in [0.25, 0.3) is 0 Å². The maximum Gasteiger partial charge on any atom is 0.416 e. The van der Waals surface area contributed by atoms with Gasteiger partial charge in [0.15, 0.2) is 0 Å². The van der Waals surface area contributed by atoms with E-state index in [1.165, 1.54) is 0 Å². The predicted molar refractivity (Wildman–Crippen MR) is 43.5 cm³/mol. The van der Waals surface area contributed by atoms with Crippen LogP contribution in [0.2, 0.25) is 0 Å². The summed E-state index contributed by atoms with van der Waals surface area (Å²) >= 11 is 0. The molecule has 1 aromatic carbocycles. The SMILES string of the molecule is O[B-](O)(O)c1ccc(C(F)(F)F)cc1. The van der Waals surface area contributed by atoms with Gasteiger partial charge in [-0.2, -0.15) is 13.2 Å². The highest BCUT2D eigenvalue weighted by Crippen LogP contribution is 2.28. The maximum atomic E-state index is 12.0. The summed E-state index contributed by atoms with van der Waals surface area (Å²) < 4.78 is 36.1. The minimum Gasteiger partial charge on any atom is -0.556 e. The van der Waals surface area contributed by atoms with Gasteiger partial charge in [0.2, 0.25) is 0 Å². The van der Waals surface area contributed by atoms with Gasteiger partial charge in [-0.1, -0.05) is 24.3 Å². The largest absolute Gasteiger partial charge is 0.556 e. The Labute approximate surface area is 77.4 Å². The van der Waals surface area contributed by atoms with E-state index in [1.807, 2.05) is 0 Å². The number of benzene rings is 1. The third kappa shape index (κ3) is 2.47. The molecular weight excluding hydrogens is 200 g/mol. The molecule has 0 saturated carbocycles. The second-order valence-corrected chi connectivity index (χ2v) is 2.85. The van der Waals surface area contributed by atoms with E-state index in [1.54, 1.807) is 0 Å². The zero-order valence-electron chi connectivity index (χ0n) is 6.86. The Kier molecular flexibility index (Phi) is 2.57. The second-order valence-electron chi connectivity index (χ2n) is 2.85. The quantitative estimate of drug-likeness (QED) is 0.560. The van der Waals surface area contributed by atoms with Gasteiger partial charge in [0.05, 0.1) is 5.56 Å². The van der Waals surface area contributed by atoms with Crippen molar-refractivity contribution in [3.05, 3.63) is 29.8 Å². The molecule has 1 rings (SSSR count). The lowest BCUT2D eigenvalue weighted by Gasteiger charge is -2.21. The minimum atomic E-state index is -4.48. The topological polar surface area (TPSA) is 60.7 Å². The Hall–Kier alpha value is -1.05. The first kappa shape index (κ1) is 11.0. The monoisotopic (exact) mass is 207 g/mol. The number of halogens is 3. The summed E-state index contributed by atoms with van der Waals surface area (Å²) in [4.78, 5) is 0. The summed E-state index contributed by atoms with van der Waals surface area (Å²) in [5.74, 6) is 0. The van der Waals surface area contributed by atoms with E-state index < -0.39 is 18.5 Å². The van der Waals surface area contributed by atoms with Crippen LogP contribution in [0, 0.1) is 0 Å². The zero-order valence-corrected chi connectivity index (χ0v) is 6.86. The lowest BCUT2D eigenvalue weighted by Crippen LogP contribution is -2.48. The van der Waals surface area contributed by atoms with Gasteiger partial charge in [-0.05, 0) is 0 Å². The van der Waals surface area contributed by atoms with Crippen LogP contribution in [-0.4, -0.2) is 21.8 Å². The average molecular weight is 207 g/mol. The highest BCUT2D eigenvalue weighted by atomic mass is 19.4. The Bertz CT molecular complexity index is 281. The lowest BCUT2D eigenvalue weighted by atomic mass is 9.71. The van der Waals surface area contributed by atoms with Crippen molar-refractivity contribution in [1.82, 2.24) is 0 Å². The molecule has 0 radical (unpaired) electrons. The van der Waals surface area contributed by atoms with Crippen LogP contribution in [0.5, 0.6) is 0 Å². The van der Waals surface area contributed by atoms with Gasteiger partial charge >= 0.3 is 12.9 Å². The maximum absolute atomic E-state index is 12.0. The molecule has 3 nitrogen and oxygen atoms in total. The summed E-state index contributed by atoms with van der Waals surface area (Å²) in [6.07, 6.45) is -4.48. The Morgan fingerprint density at radius 1 is 0.929 bits per heavy atom. The van der Waals surface area contributed by atoms with Crippen LogP contribution in [0.1, 0.15) is 5.56 Å². The van der Waals surface area contributed by atoms with Crippen LogP contribution >= 0.6 is 0 Å². The minimum absolute atomic E-state index is 0.363. The first-order valence-corrected chi connectivity index (χ1v) is 3.70. The normalized spacial score (nSPS) is 13.0. The van der Waals surface area contributed by atoms with Crippen LogP contribution in [0.4, 0.5) is 13.2 Å². The van der Waals surface area contributed by atoms with Crippen molar-refractivity contribution in [3.63, 3.8) is 0 Å². The molecular formula is C7H7BF3O3-. The predicted octanol–water partition coefficient (Wildman–Crippen LogP) is -0.172. The number of hydrogen-bond donors (Lipinski definition) is 3. The molecule has 14 heavy (non-hydrogen) atoms. The molecule has 0 aliphatic rings. The van der Waals surface area contributed by atoms with E-state index in [0.29, 0.717) is 12.1 Å². The molecule has 0 saturated heterocycles. The molecule has 0 aliphatic heterocycles. The van der Waals surface area contributed by atoms with Crippen molar-refractivity contribution in [1.29, 1.82) is 0 Å². The molecule has 7 heteroatoms. The summed E-state index contributed by atoms with van der Waals surface area (Å²) in [5.41, 5.74) is -1.28. The third-order valence-corrected chi connectivity index (χ3v) is 1.69. The fourth-order valence-corrected chi connectivity index (χ4v) is 0.930. The molecule has 0 fully saturated rings.